The second kappa shape index (κ2) is 7.23. The van der Waals surface area contributed by atoms with Crippen LogP contribution in [0, 0.1) is 17.0 Å². The molecule has 0 N–H and O–H groups in total. The average molecular weight is 461 g/mol. The summed E-state index contributed by atoms with van der Waals surface area (Å²) in [7, 11) is 0. The van der Waals surface area contributed by atoms with Gasteiger partial charge in [0.05, 0.1) is 5.02 Å². The number of hydrogen-bond acceptors (Lipinski definition) is 4. The Labute approximate surface area is 187 Å². The Morgan fingerprint density at radius 2 is 1.81 bits per heavy atom. The first kappa shape index (κ1) is 20.8. The first-order valence-corrected chi connectivity index (χ1v) is 10.5. The van der Waals surface area contributed by atoms with E-state index in [0.29, 0.717) is 31.5 Å². The van der Waals surface area contributed by atoms with E-state index < -0.39 is 23.1 Å². The van der Waals surface area contributed by atoms with Crippen molar-refractivity contribution in [2.75, 3.05) is 24.5 Å². The van der Waals surface area contributed by atoms with E-state index >= 15 is 0 Å². The minimum absolute atomic E-state index is 0.0840. The maximum atomic E-state index is 14.6. The summed E-state index contributed by atoms with van der Waals surface area (Å²) < 4.78 is 27.9. The van der Waals surface area contributed by atoms with E-state index in [1.165, 1.54) is 23.2 Å². The third-order valence-electron chi connectivity index (χ3n) is 6.61. The summed E-state index contributed by atoms with van der Waals surface area (Å²) in [5.74, 6) is -2.19. The number of rotatable bonds is 4. The number of hydrogen-bond donors (Lipinski definition) is 0. The Morgan fingerprint density at radius 1 is 1.12 bits per heavy atom. The molecule has 1 saturated carbocycles. The molecule has 3 heterocycles. The summed E-state index contributed by atoms with van der Waals surface area (Å²) in [5.41, 5.74) is -0.737. The first-order chi connectivity index (χ1) is 15.2. The zero-order valence-electron chi connectivity index (χ0n) is 16.9. The number of carbonyl (C=O) groups is 3. The second-order valence-electron chi connectivity index (χ2n) is 8.85. The monoisotopic (exact) mass is 460 g/mol. The highest BCUT2D eigenvalue weighted by Gasteiger charge is 2.68. The molecular weight excluding hydrogens is 442 g/mol. The van der Waals surface area contributed by atoms with Crippen molar-refractivity contribution < 1.29 is 23.2 Å². The Morgan fingerprint density at radius 3 is 2.44 bits per heavy atom. The molecule has 3 fully saturated rings. The molecule has 166 valence electrons. The van der Waals surface area contributed by atoms with Gasteiger partial charge in [-0.1, -0.05) is 23.7 Å². The predicted octanol–water partition coefficient (Wildman–Crippen LogP) is 2.38. The van der Waals surface area contributed by atoms with Crippen molar-refractivity contribution in [2.24, 2.45) is 5.41 Å². The molecule has 0 bridgehead atoms. The van der Waals surface area contributed by atoms with E-state index in [4.69, 9.17) is 11.6 Å². The highest BCUT2D eigenvalue weighted by Crippen LogP contribution is 2.58. The first-order valence-electron chi connectivity index (χ1n) is 10.1. The summed E-state index contributed by atoms with van der Waals surface area (Å²) in [6.07, 6.45) is 2.72. The SMILES string of the molecule is O=CN1CC2(C1)CC1(C2)C(=O)N(c2ncc(Cl)cc2F)CC(=O)N1Cc1ccc(F)cc1. The molecule has 0 unspecified atom stereocenters. The van der Waals surface area contributed by atoms with E-state index in [9.17, 15) is 23.2 Å². The lowest BCUT2D eigenvalue weighted by molar-refractivity contribution is -0.188. The fourth-order valence-corrected chi connectivity index (χ4v) is 5.48. The number of piperazine rings is 1. The number of aromatic nitrogens is 1. The van der Waals surface area contributed by atoms with Crippen LogP contribution in [0.3, 0.4) is 0 Å². The van der Waals surface area contributed by atoms with E-state index in [-0.39, 0.29) is 35.3 Å². The number of anilines is 1. The number of benzene rings is 1. The molecular formula is C22H19ClF2N4O3. The highest BCUT2D eigenvalue weighted by atomic mass is 35.5. The molecule has 1 aliphatic carbocycles. The average Bonchev–Trinajstić information content (AvgIpc) is 2.70. The van der Waals surface area contributed by atoms with Gasteiger partial charge < -0.3 is 9.80 Å². The van der Waals surface area contributed by atoms with Crippen molar-refractivity contribution in [3.8, 4) is 0 Å². The minimum atomic E-state index is -1.17. The number of pyridine rings is 1. The van der Waals surface area contributed by atoms with Crippen molar-refractivity contribution in [1.82, 2.24) is 14.8 Å². The lowest BCUT2D eigenvalue weighted by Gasteiger charge is -2.66. The Kier molecular flexibility index (Phi) is 4.70. The quantitative estimate of drug-likeness (QED) is 0.657. The third-order valence-corrected chi connectivity index (χ3v) is 6.82. The maximum absolute atomic E-state index is 14.6. The zero-order valence-corrected chi connectivity index (χ0v) is 17.7. The molecule has 0 atom stereocenters. The molecule has 1 aromatic carbocycles. The molecule has 32 heavy (non-hydrogen) atoms. The summed E-state index contributed by atoms with van der Waals surface area (Å²) in [6, 6.07) is 6.79. The molecule has 3 aliphatic rings. The van der Waals surface area contributed by atoms with Gasteiger partial charge >= 0.3 is 0 Å². The largest absolute Gasteiger partial charge is 0.344 e. The van der Waals surface area contributed by atoms with Crippen LogP contribution in [0.15, 0.2) is 36.5 Å². The van der Waals surface area contributed by atoms with Gasteiger partial charge in [0, 0.05) is 31.2 Å². The third kappa shape index (κ3) is 3.14. The normalized spacial score (nSPS) is 21.0. The Balaban J connectivity index is 1.49. The number of halogens is 3. The van der Waals surface area contributed by atoms with Gasteiger partial charge in [-0.15, -0.1) is 0 Å². The summed E-state index contributed by atoms with van der Waals surface area (Å²) in [4.78, 5) is 46.1. The smallest absolute Gasteiger partial charge is 0.254 e. The van der Waals surface area contributed by atoms with Gasteiger partial charge in [-0.2, -0.15) is 0 Å². The van der Waals surface area contributed by atoms with Gasteiger partial charge in [0.2, 0.25) is 12.3 Å². The lowest BCUT2D eigenvalue weighted by Crippen LogP contribution is -2.79. The molecule has 2 aliphatic heterocycles. The van der Waals surface area contributed by atoms with Gasteiger partial charge in [-0.25, -0.2) is 13.8 Å². The topological polar surface area (TPSA) is 73.8 Å². The van der Waals surface area contributed by atoms with Crippen LogP contribution < -0.4 is 4.90 Å². The van der Waals surface area contributed by atoms with Crippen LogP contribution in [0.5, 0.6) is 0 Å². The second-order valence-corrected chi connectivity index (χ2v) is 9.29. The summed E-state index contributed by atoms with van der Waals surface area (Å²) in [5, 5.41) is 0.0840. The van der Waals surface area contributed by atoms with Gasteiger partial charge in [-0.3, -0.25) is 19.3 Å². The van der Waals surface area contributed by atoms with Crippen molar-refractivity contribution in [1.29, 1.82) is 0 Å². The zero-order chi connectivity index (χ0) is 22.7. The molecule has 0 radical (unpaired) electrons. The number of likely N-dealkylation sites (tertiary alicyclic amines) is 1. The maximum Gasteiger partial charge on any atom is 0.254 e. The van der Waals surface area contributed by atoms with Gasteiger partial charge in [0.15, 0.2) is 11.6 Å². The fraction of sp³-hybridized carbons (Fsp3) is 0.364. The number of amides is 3. The van der Waals surface area contributed by atoms with Crippen LogP contribution in [0.2, 0.25) is 5.02 Å². The number of carbonyl (C=O) groups excluding carboxylic acids is 3. The molecule has 1 aromatic heterocycles. The van der Waals surface area contributed by atoms with Crippen LogP contribution in [-0.2, 0) is 20.9 Å². The predicted molar refractivity (Wildman–Crippen MR) is 111 cm³/mol. The van der Waals surface area contributed by atoms with Crippen molar-refractivity contribution in [3.05, 3.63) is 58.7 Å². The van der Waals surface area contributed by atoms with E-state index in [2.05, 4.69) is 4.98 Å². The van der Waals surface area contributed by atoms with Crippen LogP contribution in [0.4, 0.5) is 14.6 Å². The highest BCUT2D eigenvalue weighted by molar-refractivity contribution is 6.30. The molecule has 10 heteroatoms. The van der Waals surface area contributed by atoms with Gasteiger partial charge in [-0.05, 0) is 36.6 Å². The van der Waals surface area contributed by atoms with Crippen molar-refractivity contribution >= 4 is 35.6 Å². The lowest BCUT2D eigenvalue weighted by atomic mass is 9.52. The summed E-state index contributed by atoms with van der Waals surface area (Å²) in [6.45, 7) is 0.790. The molecule has 3 amide bonds. The van der Waals surface area contributed by atoms with Crippen molar-refractivity contribution in [3.63, 3.8) is 0 Å². The van der Waals surface area contributed by atoms with E-state index in [1.54, 1.807) is 17.0 Å². The van der Waals surface area contributed by atoms with Crippen LogP contribution >= 0.6 is 11.6 Å². The molecule has 5 rings (SSSR count). The van der Waals surface area contributed by atoms with Crippen molar-refractivity contribution in [2.45, 2.75) is 24.9 Å². The Hall–Kier alpha value is -3.07. The van der Waals surface area contributed by atoms with E-state index in [0.717, 1.165) is 17.4 Å². The van der Waals surface area contributed by atoms with Gasteiger partial charge in [0.1, 0.15) is 17.9 Å². The Bertz CT molecular complexity index is 1110. The molecule has 2 spiro atoms. The summed E-state index contributed by atoms with van der Waals surface area (Å²) >= 11 is 5.79. The molecule has 7 nitrogen and oxygen atoms in total. The minimum Gasteiger partial charge on any atom is -0.344 e. The fourth-order valence-electron chi connectivity index (χ4n) is 5.33. The van der Waals surface area contributed by atoms with Gasteiger partial charge in [0.25, 0.3) is 5.91 Å². The van der Waals surface area contributed by atoms with E-state index in [1.807, 2.05) is 0 Å². The number of nitrogens with zero attached hydrogens (tertiary/aromatic N) is 4. The standard InChI is InChI=1S/C22H19ClF2N4O3/c23-15-5-17(25)19(26-6-15)28-8-18(31)29(7-14-1-3-16(24)4-2-14)22(20(28)32)9-21(10-22)11-27(12-21)13-30/h1-6,13H,7-12H2. The molecule has 2 aromatic rings. The molecule has 2 saturated heterocycles. The van der Waals surface area contributed by atoms with Crippen LogP contribution in [-0.4, -0.2) is 58.2 Å². The van der Waals surface area contributed by atoms with Crippen LogP contribution in [0.25, 0.3) is 0 Å². The van der Waals surface area contributed by atoms with Crippen LogP contribution in [0.1, 0.15) is 18.4 Å².